The Morgan fingerprint density at radius 2 is 1.91 bits per heavy atom. The summed E-state index contributed by atoms with van der Waals surface area (Å²) in [6, 6.07) is 17.1. The van der Waals surface area contributed by atoms with Crippen molar-refractivity contribution in [3.05, 3.63) is 78.3 Å². The smallest absolute Gasteiger partial charge is 0.264 e. The number of methoxy groups -OCH3 is 1. The number of rotatable bonds is 12. The summed E-state index contributed by atoms with van der Waals surface area (Å²) in [5.41, 5.74) is 1.18. The van der Waals surface area contributed by atoms with Crippen LogP contribution in [-0.2, 0) is 20.6 Å². The Labute approximate surface area is 199 Å². The number of carbonyl (C=O) groups is 1. The highest BCUT2D eigenvalue weighted by Crippen LogP contribution is 2.33. The van der Waals surface area contributed by atoms with Gasteiger partial charge in [-0.1, -0.05) is 24.3 Å². The van der Waals surface area contributed by atoms with Crippen molar-refractivity contribution in [1.29, 1.82) is 0 Å². The van der Waals surface area contributed by atoms with Gasteiger partial charge in [0, 0.05) is 6.54 Å². The van der Waals surface area contributed by atoms with Crippen molar-refractivity contribution >= 4 is 33.4 Å². The van der Waals surface area contributed by atoms with Crippen LogP contribution >= 0.6 is 11.8 Å². The number of furan rings is 1. The van der Waals surface area contributed by atoms with Gasteiger partial charge in [0.2, 0.25) is 5.91 Å². The minimum Gasteiger partial charge on any atom is -0.495 e. The molecule has 9 heteroatoms. The normalized spacial score (nSPS) is 11.2. The van der Waals surface area contributed by atoms with Gasteiger partial charge in [-0.15, -0.1) is 0 Å². The molecule has 0 atom stereocenters. The summed E-state index contributed by atoms with van der Waals surface area (Å²) in [6.07, 6.45) is 2.41. The molecule has 3 aromatic rings. The number of hydrogen-bond acceptors (Lipinski definition) is 6. The number of nitrogens with one attached hydrogen (secondary N) is 1. The molecule has 2 aromatic carbocycles. The highest BCUT2D eigenvalue weighted by atomic mass is 32.2. The quantitative estimate of drug-likeness (QED) is 0.384. The number of aryl methyl sites for hydroxylation is 1. The summed E-state index contributed by atoms with van der Waals surface area (Å²) in [5.74, 6) is 2.53. The largest absolute Gasteiger partial charge is 0.495 e. The zero-order chi connectivity index (χ0) is 23.7. The van der Waals surface area contributed by atoms with E-state index in [2.05, 4.69) is 5.32 Å². The lowest BCUT2D eigenvalue weighted by Gasteiger charge is -2.26. The molecule has 0 radical (unpaired) electrons. The van der Waals surface area contributed by atoms with Crippen LogP contribution in [0.5, 0.6) is 5.75 Å². The Morgan fingerprint density at radius 3 is 2.61 bits per heavy atom. The second kappa shape index (κ2) is 11.8. The summed E-state index contributed by atoms with van der Waals surface area (Å²) in [6.45, 7) is 1.96. The Morgan fingerprint density at radius 1 is 1.12 bits per heavy atom. The van der Waals surface area contributed by atoms with Gasteiger partial charge in [-0.05, 0) is 61.1 Å². The first kappa shape index (κ1) is 24.7. The van der Waals surface area contributed by atoms with E-state index >= 15 is 0 Å². The maximum atomic E-state index is 13.5. The molecule has 1 amide bonds. The van der Waals surface area contributed by atoms with E-state index in [1.165, 1.54) is 19.2 Å². The molecule has 0 aliphatic rings. The zero-order valence-corrected chi connectivity index (χ0v) is 20.3. The number of carbonyl (C=O) groups excluding carboxylic acids is 1. The van der Waals surface area contributed by atoms with Gasteiger partial charge in [-0.25, -0.2) is 8.42 Å². The third-order valence-corrected chi connectivity index (χ3v) is 7.67. The van der Waals surface area contributed by atoms with Crippen LogP contribution in [-0.4, -0.2) is 40.3 Å². The van der Waals surface area contributed by atoms with Gasteiger partial charge in [0.25, 0.3) is 10.0 Å². The van der Waals surface area contributed by atoms with Crippen LogP contribution in [0.25, 0.3) is 0 Å². The Bertz CT molecular complexity index is 1130. The average Bonchev–Trinajstić information content (AvgIpc) is 3.34. The molecule has 0 unspecified atom stereocenters. The highest BCUT2D eigenvalue weighted by molar-refractivity contribution is 7.98. The first-order chi connectivity index (χ1) is 15.9. The second-order valence-electron chi connectivity index (χ2n) is 7.34. The molecular weight excluding hydrogens is 460 g/mol. The minimum absolute atomic E-state index is 0.107. The van der Waals surface area contributed by atoms with Crippen LogP contribution in [0.4, 0.5) is 5.69 Å². The predicted molar refractivity (Wildman–Crippen MR) is 131 cm³/mol. The molecule has 1 heterocycles. The lowest BCUT2D eigenvalue weighted by atomic mass is 10.2. The van der Waals surface area contributed by atoms with Gasteiger partial charge in [0.1, 0.15) is 18.1 Å². The number of hydrogen-bond donors (Lipinski definition) is 1. The maximum absolute atomic E-state index is 13.5. The molecule has 176 valence electrons. The zero-order valence-electron chi connectivity index (χ0n) is 18.7. The third-order valence-electron chi connectivity index (χ3n) is 4.83. The molecule has 0 saturated heterocycles. The van der Waals surface area contributed by atoms with Gasteiger partial charge in [-0.3, -0.25) is 9.10 Å². The van der Waals surface area contributed by atoms with Gasteiger partial charge < -0.3 is 14.5 Å². The molecule has 1 aromatic heterocycles. The van der Waals surface area contributed by atoms with Crippen molar-refractivity contribution in [2.45, 2.75) is 24.0 Å². The standard InChI is InChI=1S/C24H28N2O5S2/c1-19-11-12-23(30-2)22(16-19)26(33(28,29)21-9-4-3-5-10-21)17-24(27)25-13-7-15-32-18-20-8-6-14-31-20/h3-6,8-12,14,16H,7,13,15,17-18H2,1-2H3,(H,25,27). The van der Waals surface area contributed by atoms with Gasteiger partial charge in [0.15, 0.2) is 0 Å². The van der Waals surface area contributed by atoms with Crippen molar-refractivity contribution in [2.75, 3.05) is 30.3 Å². The fraction of sp³-hybridized carbons (Fsp3) is 0.292. The van der Waals surface area contributed by atoms with E-state index in [-0.39, 0.29) is 17.3 Å². The fourth-order valence-electron chi connectivity index (χ4n) is 3.17. The lowest BCUT2D eigenvalue weighted by Crippen LogP contribution is -2.41. The first-order valence-electron chi connectivity index (χ1n) is 10.5. The molecule has 0 aliphatic carbocycles. The van der Waals surface area contributed by atoms with Crippen molar-refractivity contribution in [3.63, 3.8) is 0 Å². The summed E-state index contributed by atoms with van der Waals surface area (Å²) < 4.78 is 38.7. The van der Waals surface area contributed by atoms with Gasteiger partial charge >= 0.3 is 0 Å². The molecule has 7 nitrogen and oxygen atoms in total. The molecule has 33 heavy (non-hydrogen) atoms. The van der Waals surface area contributed by atoms with E-state index in [0.717, 1.165) is 33.6 Å². The Hall–Kier alpha value is -2.91. The molecule has 0 fully saturated rings. The van der Waals surface area contributed by atoms with Crippen molar-refractivity contribution < 1.29 is 22.4 Å². The van der Waals surface area contributed by atoms with Crippen molar-refractivity contribution in [1.82, 2.24) is 5.32 Å². The number of amides is 1. The van der Waals surface area contributed by atoms with Crippen LogP contribution in [0.1, 0.15) is 17.7 Å². The fourth-order valence-corrected chi connectivity index (χ4v) is 5.47. The Kier molecular flexibility index (Phi) is 8.85. The summed E-state index contributed by atoms with van der Waals surface area (Å²) in [7, 11) is -2.51. The summed E-state index contributed by atoms with van der Waals surface area (Å²) >= 11 is 1.71. The minimum atomic E-state index is -3.98. The maximum Gasteiger partial charge on any atom is 0.264 e. The van der Waals surface area contributed by atoms with Crippen LogP contribution in [0.3, 0.4) is 0 Å². The highest BCUT2D eigenvalue weighted by Gasteiger charge is 2.29. The van der Waals surface area contributed by atoms with Gasteiger partial charge in [0.05, 0.1) is 29.7 Å². The molecule has 0 aliphatic heterocycles. The van der Waals surface area contributed by atoms with Gasteiger partial charge in [-0.2, -0.15) is 11.8 Å². The average molecular weight is 489 g/mol. The SMILES string of the molecule is COc1ccc(C)cc1N(CC(=O)NCCCSCc1ccco1)S(=O)(=O)c1ccccc1. The molecule has 0 saturated carbocycles. The third kappa shape index (κ3) is 6.79. The molecular formula is C24H28N2O5S2. The van der Waals surface area contributed by atoms with Crippen molar-refractivity contribution in [3.8, 4) is 5.75 Å². The number of ether oxygens (including phenoxy) is 1. The number of sulfonamides is 1. The summed E-state index contributed by atoms with van der Waals surface area (Å²) in [4.78, 5) is 12.8. The van der Waals surface area contributed by atoms with Crippen LogP contribution in [0, 0.1) is 6.92 Å². The van der Waals surface area contributed by atoms with Crippen molar-refractivity contribution in [2.24, 2.45) is 0 Å². The number of nitrogens with zero attached hydrogens (tertiary/aromatic N) is 1. The summed E-state index contributed by atoms with van der Waals surface area (Å²) in [5, 5.41) is 2.83. The van der Waals surface area contributed by atoms with E-state index in [1.807, 2.05) is 25.1 Å². The Balaban J connectivity index is 1.68. The molecule has 0 spiro atoms. The lowest BCUT2D eigenvalue weighted by molar-refractivity contribution is -0.119. The number of thioether (sulfide) groups is 1. The predicted octanol–water partition coefficient (Wildman–Crippen LogP) is 4.23. The molecule has 0 bridgehead atoms. The van der Waals surface area contributed by atoms with Crippen LogP contribution in [0.2, 0.25) is 0 Å². The molecule has 3 rings (SSSR count). The van der Waals surface area contributed by atoms with Crippen LogP contribution < -0.4 is 14.4 Å². The van der Waals surface area contributed by atoms with Crippen LogP contribution in [0.15, 0.2) is 76.2 Å². The first-order valence-corrected chi connectivity index (χ1v) is 13.1. The van der Waals surface area contributed by atoms with E-state index in [1.54, 1.807) is 48.4 Å². The topological polar surface area (TPSA) is 88.8 Å². The van der Waals surface area contributed by atoms with E-state index in [0.29, 0.717) is 18.0 Å². The number of anilines is 1. The van der Waals surface area contributed by atoms with E-state index < -0.39 is 10.0 Å². The van der Waals surface area contributed by atoms with E-state index in [4.69, 9.17) is 9.15 Å². The molecule has 1 N–H and O–H groups in total. The number of benzene rings is 2. The van der Waals surface area contributed by atoms with E-state index in [9.17, 15) is 13.2 Å². The monoisotopic (exact) mass is 488 g/mol. The second-order valence-corrected chi connectivity index (χ2v) is 10.3.